The molecule has 0 spiro atoms. The molecule has 0 radical (unpaired) electrons. The molecule has 0 atom stereocenters. The van der Waals surface area contributed by atoms with Crippen molar-refractivity contribution >= 4 is 34.8 Å². The summed E-state index contributed by atoms with van der Waals surface area (Å²) >= 11 is 11.9. The van der Waals surface area contributed by atoms with Gasteiger partial charge >= 0.3 is 0 Å². The smallest absolute Gasteiger partial charge is 0.251 e. The van der Waals surface area contributed by atoms with Gasteiger partial charge in [0.25, 0.3) is 5.91 Å². The monoisotopic (exact) mass is 329 g/mol. The van der Waals surface area contributed by atoms with E-state index >= 15 is 0 Å². The molecule has 0 aromatic heterocycles. The Hall–Kier alpha value is -0.970. The van der Waals surface area contributed by atoms with E-state index in [2.05, 4.69) is 17.3 Å². The average Bonchev–Trinajstić information content (AvgIpc) is 2.98. The lowest BCUT2D eigenvalue weighted by Gasteiger charge is -2.23. The van der Waals surface area contributed by atoms with Crippen LogP contribution < -0.4 is 11.1 Å². The molecule has 0 aliphatic heterocycles. The van der Waals surface area contributed by atoms with Crippen molar-refractivity contribution in [2.45, 2.75) is 31.7 Å². The molecule has 0 unspecified atom stereocenters. The molecular formula is C15H21Cl2N3O. The van der Waals surface area contributed by atoms with Gasteiger partial charge in [-0.25, -0.2) is 0 Å². The van der Waals surface area contributed by atoms with Crippen LogP contribution in [0.1, 0.15) is 36.0 Å². The van der Waals surface area contributed by atoms with Crippen molar-refractivity contribution in [1.29, 1.82) is 0 Å². The number of hydrogen-bond acceptors (Lipinski definition) is 3. The van der Waals surface area contributed by atoms with Gasteiger partial charge in [0.15, 0.2) is 0 Å². The van der Waals surface area contributed by atoms with Gasteiger partial charge in [0.1, 0.15) is 0 Å². The van der Waals surface area contributed by atoms with Gasteiger partial charge in [-0.15, -0.1) is 0 Å². The van der Waals surface area contributed by atoms with Crippen LogP contribution in [0.3, 0.4) is 0 Å². The first-order chi connectivity index (χ1) is 9.99. The number of nitrogen functional groups attached to an aromatic ring is 1. The van der Waals surface area contributed by atoms with Crippen molar-refractivity contribution < 1.29 is 4.79 Å². The van der Waals surface area contributed by atoms with Crippen molar-refractivity contribution in [3.05, 3.63) is 27.7 Å². The Balaban J connectivity index is 1.84. The summed E-state index contributed by atoms with van der Waals surface area (Å²) in [4.78, 5) is 14.4. The van der Waals surface area contributed by atoms with E-state index in [0.717, 1.165) is 6.54 Å². The van der Waals surface area contributed by atoms with Crippen LogP contribution >= 0.6 is 23.2 Å². The fourth-order valence-corrected chi connectivity index (χ4v) is 3.18. The highest BCUT2D eigenvalue weighted by Crippen LogP contribution is 2.28. The molecule has 1 aromatic rings. The molecule has 1 saturated carbocycles. The molecule has 1 fully saturated rings. The van der Waals surface area contributed by atoms with E-state index in [1.54, 1.807) is 12.1 Å². The largest absolute Gasteiger partial charge is 0.396 e. The number of hydrogen-bond donors (Lipinski definition) is 2. The highest BCUT2D eigenvalue weighted by molar-refractivity contribution is 6.39. The van der Waals surface area contributed by atoms with Crippen molar-refractivity contribution in [3.8, 4) is 0 Å². The number of halogens is 2. The number of nitrogens with two attached hydrogens (primary N) is 1. The number of nitrogens with zero attached hydrogens (tertiary/aromatic N) is 1. The molecule has 1 aromatic carbocycles. The molecule has 6 heteroatoms. The molecule has 1 aliphatic carbocycles. The summed E-state index contributed by atoms with van der Waals surface area (Å²) in [7, 11) is 2.11. The van der Waals surface area contributed by atoms with Crippen molar-refractivity contribution in [2.75, 3.05) is 25.9 Å². The SMILES string of the molecule is CN(CCNC(=O)c1cc(Cl)c(N)c(Cl)c1)C1CCCC1. The summed E-state index contributed by atoms with van der Waals surface area (Å²) in [5.41, 5.74) is 6.39. The van der Waals surface area contributed by atoms with Gasteiger partial charge in [0.05, 0.1) is 15.7 Å². The first kappa shape index (κ1) is 16.4. The third-order valence-electron chi connectivity index (χ3n) is 4.04. The zero-order valence-corrected chi connectivity index (χ0v) is 13.7. The van der Waals surface area contributed by atoms with E-state index < -0.39 is 0 Å². The van der Waals surface area contributed by atoms with Crippen molar-refractivity contribution in [3.63, 3.8) is 0 Å². The molecule has 21 heavy (non-hydrogen) atoms. The van der Waals surface area contributed by atoms with E-state index in [0.29, 0.717) is 33.9 Å². The molecule has 0 saturated heterocycles. The van der Waals surface area contributed by atoms with Crippen LogP contribution in [0.2, 0.25) is 10.0 Å². The molecule has 2 rings (SSSR count). The minimum atomic E-state index is -0.182. The Morgan fingerprint density at radius 1 is 1.33 bits per heavy atom. The van der Waals surface area contributed by atoms with Crippen LogP contribution in [0.5, 0.6) is 0 Å². The summed E-state index contributed by atoms with van der Waals surface area (Å²) in [6.45, 7) is 1.44. The maximum atomic E-state index is 12.1. The minimum absolute atomic E-state index is 0.182. The molecule has 0 heterocycles. The number of carbonyl (C=O) groups is 1. The quantitative estimate of drug-likeness (QED) is 0.815. The molecule has 1 amide bonds. The third-order valence-corrected chi connectivity index (χ3v) is 4.66. The topological polar surface area (TPSA) is 58.4 Å². The number of anilines is 1. The number of nitrogens with one attached hydrogen (secondary N) is 1. The lowest BCUT2D eigenvalue weighted by atomic mass is 10.2. The van der Waals surface area contributed by atoms with E-state index in [1.807, 2.05) is 0 Å². The summed E-state index contributed by atoms with van der Waals surface area (Å²) in [6.07, 6.45) is 5.13. The van der Waals surface area contributed by atoms with Crippen molar-refractivity contribution in [1.82, 2.24) is 10.2 Å². The van der Waals surface area contributed by atoms with Crippen LogP contribution in [-0.2, 0) is 0 Å². The summed E-state index contributed by atoms with van der Waals surface area (Å²) in [5.74, 6) is -0.182. The Labute approximate surface area is 135 Å². The second-order valence-corrected chi connectivity index (χ2v) is 6.34. The van der Waals surface area contributed by atoms with E-state index in [-0.39, 0.29) is 5.91 Å². The second kappa shape index (κ2) is 7.34. The number of amides is 1. The Kier molecular flexibility index (Phi) is 5.73. The molecule has 1 aliphatic rings. The Bertz CT molecular complexity index is 493. The van der Waals surface area contributed by atoms with Gasteiger partial charge in [0, 0.05) is 24.7 Å². The van der Waals surface area contributed by atoms with Crippen LogP contribution in [0.15, 0.2) is 12.1 Å². The third kappa shape index (κ3) is 4.25. The number of rotatable bonds is 5. The summed E-state index contributed by atoms with van der Waals surface area (Å²) in [5, 5.41) is 3.49. The first-order valence-corrected chi connectivity index (χ1v) is 7.97. The van der Waals surface area contributed by atoms with Gasteiger partial charge in [0.2, 0.25) is 0 Å². The van der Waals surface area contributed by atoms with Crippen LogP contribution in [0, 0.1) is 0 Å². The number of carbonyl (C=O) groups excluding carboxylic acids is 1. The highest BCUT2D eigenvalue weighted by atomic mass is 35.5. The molecule has 4 nitrogen and oxygen atoms in total. The predicted octanol–water partition coefficient (Wildman–Crippen LogP) is 3.18. The van der Waals surface area contributed by atoms with Crippen molar-refractivity contribution in [2.24, 2.45) is 0 Å². The molecule has 116 valence electrons. The first-order valence-electron chi connectivity index (χ1n) is 7.22. The van der Waals surface area contributed by atoms with Crippen LogP contribution in [0.25, 0.3) is 0 Å². The fourth-order valence-electron chi connectivity index (χ4n) is 2.69. The van der Waals surface area contributed by atoms with Gasteiger partial charge in [-0.05, 0) is 32.0 Å². The average molecular weight is 330 g/mol. The summed E-state index contributed by atoms with van der Waals surface area (Å²) < 4.78 is 0. The van der Waals surface area contributed by atoms with E-state index in [9.17, 15) is 4.79 Å². The van der Waals surface area contributed by atoms with Gasteiger partial charge in [-0.3, -0.25) is 4.79 Å². The standard InChI is InChI=1S/C15H21Cl2N3O/c1-20(11-4-2-3-5-11)7-6-19-15(21)10-8-12(16)14(18)13(17)9-10/h8-9,11H,2-7,18H2,1H3,(H,19,21). The maximum absolute atomic E-state index is 12.1. The molecular weight excluding hydrogens is 309 g/mol. The minimum Gasteiger partial charge on any atom is -0.396 e. The van der Waals surface area contributed by atoms with E-state index in [4.69, 9.17) is 28.9 Å². The van der Waals surface area contributed by atoms with Gasteiger partial charge in [-0.1, -0.05) is 36.0 Å². The second-order valence-electron chi connectivity index (χ2n) is 5.53. The maximum Gasteiger partial charge on any atom is 0.251 e. The Morgan fingerprint density at radius 2 is 1.90 bits per heavy atom. The Morgan fingerprint density at radius 3 is 2.48 bits per heavy atom. The number of likely N-dealkylation sites (N-methyl/N-ethyl adjacent to an activating group) is 1. The van der Waals surface area contributed by atoms with E-state index in [1.165, 1.54) is 25.7 Å². The number of benzene rings is 1. The van der Waals surface area contributed by atoms with Gasteiger partial charge < -0.3 is 16.0 Å². The zero-order valence-electron chi connectivity index (χ0n) is 12.2. The lowest BCUT2D eigenvalue weighted by Crippen LogP contribution is -2.37. The molecule has 3 N–H and O–H groups in total. The zero-order chi connectivity index (χ0) is 15.4. The molecule has 0 bridgehead atoms. The normalized spacial score (nSPS) is 15.6. The van der Waals surface area contributed by atoms with Crippen LogP contribution in [0.4, 0.5) is 5.69 Å². The lowest BCUT2D eigenvalue weighted by molar-refractivity contribution is 0.0947. The van der Waals surface area contributed by atoms with Gasteiger partial charge in [-0.2, -0.15) is 0 Å². The predicted molar refractivity (Wildman–Crippen MR) is 88.1 cm³/mol. The fraction of sp³-hybridized carbons (Fsp3) is 0.533. The summed E-state index contributed by atoms with van der Waals surface area (Å²) in [6, 6.07) is 3.74. The van der Waals surface area contributed by atoms with Crippen LogP contribution in [-0.4, -0.2) is 37.0 Å². The highest BCUT2D eigenvalue weighted by Gasteiger charge is 2.19.